The van der Waals surface area contributed by atoms with Gasteiger partial charge < -0.3 is 10.6 Å². The molecule has 0 aliphatic rings. The van der Waals surface area contributed by atoms with E-state index in [-0.39, 0.29) is 18.5 Å². The first kappa shape index (κ1) is 9.68. The molecule has 0 atom stereocenters. The maximum atomic E-state index is 10.8. The Labute approximate surface area is 65.7 Å². The van der Waals surface area contributed by atoms with Crippen molar-refractivity contribution in [2.75, 3.05) is 6.67 Å². The zero-order chi connectivity index (χ0) is 8.85. The Morgan fingerprint density at radius 1 is 1.27 bits per heavy atom. The molecule has 0 radical (unpaired) electrons. The Hall–Kier alpha value is -1.32. The Balaban J connectivity index is 3.47. The van der Waals surface area contributed by atoms with E-state index in [1.54, 1.807) is 6.92 Å². The molecule has 4 nitrogen and oxygen atoms in total. The highest BCUT2D eigenvalue weighted by Crippen LogP contribution is 1.82. The van der Waals surface area contributed by atoms with Crippen LogP contribution in [-0.4, -0.2) is 18.5 Å². The lowest BCUT2D eigenvalue weighted by atomic mass is 10.3. The van der Waals surface area contributed by atoms with Crippen LogP contribution < -0.4 is 10.6 Å². The summed E-state index contributed by atoms with van der Waals surface area (Å²) in [5, 5.41) is 4.86. The standard InChI is InChI=1S/C7H12N2O2/c1-5(2)7(11)9-4-8-6(3)10/h1,4H2,2-3H3,(H,8,10)(H,9,11). The number of hydrogen-bond acceptors (Lipinski definition) is 2. The molecule has 0 heterocycles. The minimum atomic E-state index is -0.251. The topological polar surface area (TPSA) is 58.2 Å². The van der Waals surface area contributed by atoms with Crippen LogP contribution in [0.1, 0.15) is 13.8 Å². The van der Waals surface area contributed by atoms with Gasteiger partial charge in [0.25, 0.3) is 0 Å². The van der Waals surface area contributed by atoms with Crippen LogP contribution in [0.15, 0.2) is 12.2 Å². The van der Waals surface area contributed by atoms with Crippen LogP contribution in [0.25, 0.3) is 0 Å². The van der Waals surface area contributed by atoms with E-state index in [1.807, 2.05) is 0 Å². The third-order valence-electron chi connectivity index (χ3n) is 0.974. The van der Waals surface area contributed by atoms with Gasteiger partial charge in [-0.3, -0.25) is 9.59 Å². The maximum absolute atomic E-state index is 10.8. The Morgan fingerprint density at radius 2 is 1.82 bits per heavy atom. The lowest BCUT2D eigenvalue weighted by Gasteiger charge is -2.03. The lowest BCUT2D eigenvalue weighted by Crippen LogP contribution is -2.36. The fraction of sp³-hybridized carbons (Fsp3) is 0.429. The zero-order valence-corrected chi connectivity index (χ0v) is 6.73. The Morgan fingerprint density at radius 3 is 2.18 bits per heavy atom. The normalized spacial score (nSPS) is 8.55. The molecule has 0 unspecified atom stereocenters. The molecule has 0 aliphatic heterocycles. The van der Waals surface area contributed by atoms with Gasteiger partial charge in [0.15, 0.2) is 0 Å². The molecule has 0 fully saturated rings. The van der Waals surface area contributed by atoms with Crippen LogP contribution in [0.2, 0.25) is 0 Å². The zero-order valence-electron chi connectivity index (χ0n) is 6.73. The average Bonchev–Trinajstić information content (AvgIpc) is 1.86. The molecular weight excluding hydrogens is 144 g/mol. The number of rotatable bonds is 3. The first-order valence-electron chi connectivity index (χ1n) is 3.22. The maximum Gasteiger partial charge on any atom is 0.247 e. The second-order valence-corrected chi connectivity index (χ2v) is 2.20. The van der Waals surface area contributed by atoms with Gasteiger partial charge in [0.05, 0.1) is 6.67 Å². The molecule has 0 aromatic heterocycles. The molecule has 0 saturated carbocycles. The van der Waals surface area contributed by atoms with E-state index in [0.29, 0.717) is 5.57 Å². The Kier molecular flexibility index (Phi) is 3.95. The van der Waals surface area contributed by atoms with Gasteiger partial charge in [0.1, 0.15) is 0 Å². The summed E-state index contributed by atoms with van der Waals surface area (Å²) < 4.78 is 0. The van der Waals surface area contributed by atoms with Crippen molar-refractivity contribution in [3.8, 4) is 0 Å². The molecule has 0 aromatic rings. The summed E-state index contributed by atoms with van der Waals surface area (Å²) in [6.07, 6.45) is 0. The predicted octanol–water partition coefficient (Wildman–Crippen LogP) is -0.228. The molecule has 2 amide bonds. The van der Waals surface area contributed by atoms with Gasteiger partial charge in [-0.15, -0.1) is 0 Å². The van der Waals surface area contributed by atoms with Crippen LogP contribution >= 0.6 is 0 Å². The van der Waals surface area contributed by atoms with Gasteiger partial charge in [-0.1, -0.05) is 6.58 Å². The minimum Gasteiger partial charge on any atom is -0.339 e. The summed E-state index contributed by atoms with van der Waals surface area (Å²) in [5.41, 5.74) is 0.426. The van der Waals surface area contributed by atoms with Gasteiger partial charge in [-0.05, 0) is 6.92 Å². The van der Waals surface area contributed by atoms with Crippen molar-refractivity contribution in [3.05, 3.63) is 12.2 Å². The molecule has 0 spiro atoms. The lowest BCUT2D eigenvalue weighted by molar-refractivity contribution is -0.120. The van der Waals surface area contributed by atoms with Crippen molar-refractivity contribution in [2.24, 2.45) is 0 Å². The third kappa shape index (κ3) is 5.14. The number of carbonyl (C=O) groups is 2. The number of hydrogen-bond donors (Lipinski definition) is 2. The van der Waals surface area contributed by atoms with E-state index < -0.39 is 0 Å². The Bertz CT molecular complexity index is 187. The smallest absolute Gasteiger partial charge is 0.247 e. The summed E-state index contributed by atoms with van der Waals surface area (Å²) in [6, 6.07) is 0. The van der Waals surface area contributed by atoms with Crippen molar-refractivity contribution >= 4 is 11.8 Å². The highest BCUT2D eigenvalue weighted by molar-refractivity contribution is 5.92. The first-order valence-corrected chi connectivity index (χ1v) is 3.22. The van der Waals surface area contributed by atoms with Crippen LogP contribution in [-0.2, 0) is 9.59 Å². The van der Waals surface area contributed by atoms with Crippen LogP contribution in [0, 0.1) is 0 Å². The van der Waals surface area contributed by atoms with E-state index in [0.717, 1.165) is 0 Å². The fourth-order valence-corrected chi connectivity index (χ4v) is 0.400. The van der Waals surface area contributed by atoms with Crippen molar-refractivity contribution in [1.82, 2.24) is 10.6 Å². The van der Waals surface area contributed by atoms with Crippen LogP contribution in [0.4, 0.5) is 0 Å². The van der Waals surface area contributed by atoms with Gasteiger partial charge in [0.2, 0.25) is 11.8 Å². The van der Waals surface area contributed by atoms with E-state index in [1.165, 1.54) is 6.92 Å². The van der Waals surface area contributed by atoms with Gasteiger partial charge in [-0.25, -0.2) is 0 Å². The van der Waals surface area contributed by atoms with E-state index in [4.69, 9.17) is 0 Å². The van der Waals surface area contributed by atoms with Crippen LogP contribution in [0.3, 0.4) is 0 Å². The highest BCUT2D eigenvalue weighted by atomic mass is 16.2. The summed E-state index contributed by atoms with van der Waals surface area (Å²) >= 11 is 0. The molecule has 0 rings (SSSR count). The molecule has 0 bridgehead atoms. The fourth-order valence-electron chi connectivity index (χ4n) is 0.400. The first-order chi connectivity index (χ1) is 5.04. The summed E-state index contributed by atoms with van der Waals surface area (Å²) in [6.45, 7) is 6.56. The largest absolute Gasteiger partial charge is 0.339 e. The van der Waals surface area contributed by atoms with Crippen molar-refractivity contribution in [2.45, 2.75) is 13.8 Å². The molecule has 0 aromatic carbocycles. The SMILES string of the molecule is C=C(C)C(=O)NCNC(C)=O. The van der Waals surface area contributed by atoms with Gasteiger partial charge >= 0.3 is 0 Å². The second kappa shape index (κ2) is 4.49. The number of amides is 2. The van der Waals surface area contributed by atoms with E-state index in [2.05, 4.69) is 17.2 Å². The molecule has 0 saturated heterocycles. The monoisotopic (exact) mass is 156 g/mol. The summed E-state index contributed by atoms with van der Waals surface area (Å²) in [4.78, 5) is 21.1. The molecule has 11 heavy (non-hydrogen) atoms. The van der Waals surface area contributed by atoms with Gasteiger partial charge in [-0.2, -0.15) is 0 Å². The number of nitrogens with one attached hydrogen (secondary N) is 2. The third-order valence-corrected chi connectivity index (χ3v) is 0.974. The van der Waals surface area contributed by atoms with Crippen molar-refractivity contribution < 1.29 is 9.59 Å². The quantitative estimate of drug-likeness (QED) is 0.438. The molecule has 4 heteroatoms. The average molecular weight is 156 g/mol. The second-order valence-electron chi connectivity index (χ2n) is 2.20. The van der Waals surface area contributed by atoms with Gasteiger partial charge in [0, 0.05) is 12.5 Å². The number of carbonyl (C=O) groups excluding carboxylic acids is 2. The highest BCUT2D eigenvalue weighted by Gasteiger charge is 1.98. The summed E-state index contributed by atoms with van der Waals surface area (Å²) in [7, 11) is 0. The summed E-state index contributed by atoms with van der Waals surface area (Å²) in [5.74, 6) is -0.425. The molecule has 2 N–H and O–H groups in total. The van der Waals surface area contributed by atoms with E-state index in [9.17, 15) is 9.59 Å². The van der Waals surface area contributed by atoms with Crippen molar-refractivity contribution in [3.63, 3.8) is 0 Å². The predicted molar refractivity (Wildman–Crippen MR) is 41.6 cm³/mol. The van der Waals surface area contributed by atoms with Crippen molar-refractivity contribution in [1.29, 1.82) is 0 Å². The molecule has 62 valence electrons. The molecular formula is C7H12N2O2. The van der Waals surface area contributed by atoms with Crippen LogP contribution in [0.5, 0.6) is 0 Å². The molecule has 0 aliphatic carbocycles. The van der Waals surface area contributed by atoms with E-state index >= 15 is 0 Å². The minimum absolute atomic E-state index is 0.154.